The molecule has 0 bridgehead atoms. The summed E-state index contributed by atoms with van der Waals surface area (Å²) in [6.07, 6.45) is 7.62. The Labute approximate surface area is 225 Å². The third-order valence-corrected chi connectivity index (χ3v) is 8.47. The van der Waals surface area contributed by atoms with Crippen molar-refractivity contribution in [3.8, 4) is 6.01 Å². The number of hydrogen-bond donors (Lipinski definition) is 2. The lowest BCUT2D eigenvalue weighted by Crippen LogP contribution is -2.49. The van der Waals surface area contributed by atoms with E-state index in [0.717, 1.165) is 60.4 Å². The SMILES string of the molecule is C=CC(=O)N1CCN(c2nc(OCC3CCCN3C)nc3c2CCC(c2c(C)ccc(N)c2C=N)C3)CC1. The number of hydrogen-bond acceptors (Lipinski definition) is 8. The number of nitrogen functional groups attached to an aromatic ring is 1. The summed E-state index contributed by atoms with van der Waals surface area (Å²) in [5, 5.41) is 8.01. The highest BCUT2D eigenvalue weighted by atomic mass is 16.5. The van der Waals surface area contributed by atoms with Crippen LogP contribution in [0, 0.1) is 12.3 Å². The van der Waals surface area contributed by atoms with E-state index in [1.54, 1.807) is 0 Å². The van der Waals surface area contributed by atoms with Gasteiger partial charge >= 0.3 is 6.01 Å². The maximum Gasteiger partial charge on any atom is 0.318 e. The van der Waals surface area contributed by atoms with E-state index in [1.807, 2.05) is 11.0 Å². The molecule has 1 aromatic carbocycles. The fourth-order valence-electron chi connectivity index (χ4n) is 6.24. The van der Waals surface area contributed by atoms with Crippen molar-refractivity contribution in [3.63, 3.8) is 0 Å². The zero-order valence-corrected chi connectivity index (χ0v) is 22.6. The van der Waals surface area contributed by atoms with E-state index in [-0.39, 0.29) is 11.8 Å². The summed E-state index contributed by atoms with van der Waals surface area (Å²) in [5.74, 6) is 1.13. The van der Waals surface area contributed by atoms with Crippen molar-refractivity contribution in [3.05, 3.63) is 52.7 Å². The van der Waals surface area contributed by atoms with Crippen LogP contribution >= 0.6 is 0 Å². The van der Waals surface area contributed by atoms with E-state index >= 15 is 0 Å². The van der Waals surface area contributed by atoms with Crippen molar-refractivity contribution in [1.82, 2.24) is 19.8 Å². The summed E-state index contributed by atoms with van der Waals surface area (Å²) in [4.78, 5) is 28.5. The largest absolute Gasteiger partial charge is 0.462 e. The summed E-state index contributed by atoms with van der Waals surface area (Å²) in [7, 11) is 2.14. The highest BCUT2D eigenvalue weighted by Gasteiger charge is 2.31. The molecule has 2 unspecified atom stereocenters. The second-order valence-corrected chi connectivity index (χ2v) is 10.7. The van der Waals surface area contributed by atoms with Gasteiger partial charge in [-0.25, -0.2) is 0 Å². The van der Waals surface area contributed by atoms with Crippen LogP contribution in [0.4, 0.5) is 11.5 Å². The van der Waals surface area contributed by atoms with Crippen LogP contribution in [0.3, 0.4) is 0 Å². The Kier molecular flexibility index (Phi) is 7.65. The molecule has 3 heterocycles. The summed E-state index contributed by atoms with van der Waals surface area (Å²) < 4.78 is 6.24. The van der Waals surface area contributed by atoms with Crippen LogP contribution in [-0.2, 0) is 17.6 Å². The molecule has 9 heteroatoms. The van der Waals surface area contributed by atoms with Gasteiger partial charge in [-0.3, -0.25) is 4.79 Å². The van der Waals surface area contributed by atoms with Gasteiger partial charge in [0.15, 0.2) is 0 Å². The van der Waals surface area contributed by atoms with E-state index in [2.05, 4.69) is 36.4 Å². The van der Waals surface area contributed by atoms with E-state index in [0.29, 0.717) is 50.5 Å². The van der Waals surface area contributed by atoms with Gasteiger partial charge in [-0.05, 0) is 81.8 Å². The number of nitrogens with zero attached hydrogens (tertiary/aromatic N) is 5. The van der Waals surface area contributed by atoms with Crippen LogP contribution in [-0.4, -0.2) is 84.3 Å². The van der Waals surface area contributed by atoms with Crippen molar-refractivity contribution in [2.24, 2.45) is 0 Å². The van der Waals surface area contributed by atoms with E-state index in [1.165, 1.54) is 24.3 Å². The monoisotopic (exact) mass is 517 g/mol. The molecule has 1 aromatic heterocycles. The van der Waals surface area contributed by atoms with Gasteiger partial charge < -0.3 is 30.6 Å². The summed E-state index contributed by atoms with van der Waals surface area (Å²) >= 11 is 0. The average molecular weight is 518 g/mol. The van der Waals surface area contributed by atoms with E-state index < -0.39 is 0 Å². The zero-order chi connectivity index (χ0) is 26.8. The van der Waals surface area contributed by atoms with Gasteiger partial charge in [0.2, 0.25) is 5.91 Å². The van der Waals surface area contributed by atoms with Crippen LogP contribution in [0.2, 0.25) is 0 Å². The molecule has 1 aliphatic carbocycles. The first-order chi connectivity index (χ1) is 18.4. The summed E-state index contributed by atoms with van der Waals surface area (Å²) in [6.45, 7) is 10.1. The number of aromatic nitrogens is 2. The minimum Gasteiger partial charge on any atom is -0.462 e. The molecule has 3 N–H and O–H groups in total. The van der Waals surface area contributed by atoms with Crippen LogP contribution < -0.4 is 15.4 Å². The lowest BCUT2D eigenvalue weighted by molar-refractivity contribution is -0.126. The number of aryl methyl sites for hydroxylation is 1. The number of carbonyl (C=O) groups excluding carboxylic acids is 1. The lowest BCUT2D eigenvalue weighted by Gasteiger charge is -2.37. The van der Waals surface area contributed by atoms with Gasteiger partial charge in [-0.15, -0.1) is 0 Å². The molecule has 3 aliphatic rings. The normalized spacial score (nSPS) is 21.7. The van der Waals surface area contributed by atoms with Gasteiger partial charge in [0.05, 0.1) is 5.69 Å². The van der Waals surface area contributed by atoms with Gasteiger partial charge in [-0.1, -0.05) is 12.6 Å². The second-order valence-electron chi connectivity index (χ2n) is 10.7. The van der Waals surface area contributed by atoms with Gasteiger partial charge in [0.25, 0.3) is 0 Å². The topological polar surface area (TPSA) is 112 Å². The van der Waals surface area contributed by atoms with E-state index in [9.17, 15) is 4.79 Å². The molecule has 5 rings (SSSR count). The maximum atomic E-state index is 12.1. The number of fused-ring (bicyclic) bond motifs is 1. The second kappa shape index (κ2) is 11.1. The fourth-order valence-corrected chi connectivity index (χ4v) is 6.24. The number of nitrogens with one attached hydrogen (secondary N) is 1. The number of rotatable bonds is 7. The Balaban J connectivity index is 1.45. The number of ether oxygens (including phenoxy) is 1. The highest BCUT2D eigenvalue weighted by Crippen LogP contribution is 2.40. The lowest BCUT2D eigenvalue weighted by atomic mass is 9.78. The molecular formula is C29H39N7O2. The van der Waals surface area contributed by atoms with E-state index in [4.69, 9.17) is 25.8 Å². The quantitative estimate of drug-likeness (QED) is 0.330. The Morgan fingerprint density at radius 3 is 2.68 bits per heavy atom. The van der Waals surface area contributed by atoms with Crippen molar-refractivity contribution in [2.45, 2.75) is 51.0 Å². The number of likely N-dealkylation sites (N-methyl/N-ethyl adjacent to an activating group) is 1. The maximum absolute atomic E-state index is 12.1. The molecule has 2 atom stereocenters. The average Bonchev–Trinajstić information content (AvgIpc) is 3.36. The first-order valence-corrected chi connectivity index (χ1v) is 13.7. The molecule has 9 nitrogen and oxygen atoms in total. The third-order valence-electron chi connectivity index (χ3n) is 8.47. The summed E-state index contributed by atoms with van der Waals surface area (Å²) in [6, 6.07) is 4.75. The predicted molar refractivity (Wildman–Crippen MR) is 150 cm³/mol. The Morgan fingerprint density at radius 1 is 1.21 bits per heavy atom. The molecule has 1 amide bonds. The molecule has 2 fully saturated rings. The van der Waals surface area contributed by atoms with Crippen LogP contribution in [0.15, 0.2) is 24.8 Å². The molecule has 0 radical (unpaired) electrons. The van der Waals surface area contributed by atoms with Gasteiger partial charge in [0.1, 0.15) is 12.4 Å². The Bertz CT molecular complexity index is 1220. The molecule has 2 aliphatic heterocycles. The molecule has 2 saturated heterocycles. The first kappa shape index (κ1) is 26.2. The standard InChI is InChI=1S/C29H39N7O2/c1-4-26(37)35-12-14-36(15-13-35)28-22-9-8-20(27-19(2)7-10-24(31)23(27)17-30)16-25(22)32-29(33-28)38-18-21-6-5-11-34(21)3/h4,7,10,17,20-21,30H,1,5-6,8-9,11-16,18,31H2,2-3H3. The van der Waals surface area contributed by atoms with Crippen LogP contribution in [0.1, 0.15) is 53.1 Å². The van der Waals surface area contributed by atoms with Crippen LogP contribution in [0.5, 0.6) is 6.01 Å². The smallest absolute Gasteiger partial charge is 0.318 e. The van der Waals surface area contributed by atoms with Gasteiger partial charge in [0, 0.05) is 55.2 Å². The minimum atomic E-state index is -0.0265. The number of amides is 1. The number of likely N-dealkylation sites (tertiary alicyclic amines) is 1. The van der Waals surface area contributed by atoms with Crippen LogP contribution in [0.25, 0.3) is 0 Å². The number of anilines is 2. The molecular weight excluding hydrogens is 478 g/mol. The molecule has 2 aromatic rings. The number of benzene rings is 1. The first-order valence-electron chi connectivity index (χ1n) is 13.7. The predicted octanol–water partition coefficient (Wildman–Crippen LogP) is 2.94. The minimum absolute atomic E-state index is 0.0265. The Hall–Kier alpha value is -3.46. The number of nitrogens with two attached hydrogens (primary N) is 1. The molecule has 0 spiro atoms. The third kappa shape index (κ3) is 5.12. The highest BCUT2D eigenvalue weighted by molar-refractivity contribution is 5.88. The number of piperazine rings is 1. The Morgan fingerprint density at radius 2 is 2.00 bits per heavy atom. The molecule has 0 saturated carbocycles. The van der Waals surface area contributed by atoms with Gasteiger partial charge in [-0.2, -0.15) is 9.97 Å². The number of carbonyl (C=O) groups is 1. The van der Waals surface area contributed by atoms with Crippen molar-refractivity contribution >= 4 is 23.6 Å². The fraction of sp³-hybridized carbons (Fsp3) is 0.517. The van der Waals surface area contributed by atoms with Crippen molar-refractivity contribution < 1.29 is 9.53 Å². The van der Waals surface area contributed by atoms with Crippen molar-refractivity contribution in [2.75, 3.05) is 57.0 Å². The zero-order valence-electron chi connectivity index (χ0n) is 22.6. The molecule has 38 heavy (non-hydrogen) atoms. The molecule has 202 valence electrons. The van der Waals surface area contributed by atoms with Crippen molar-refractivity contribution in [1.29, 1.82) is 5.41 Å². The summed E-state index contributed by atoms with van der Waals surface area (Å²) in [5.41, 5.74) is 12.2.